The molecule has 0 bridgehead atoms. The van der Waals surface area contributed by atoms with Crippen molar-refractivity contribution in [2.45, 2.75) is 19.8 Å². The van der Waals surface area contributed by atoms with Crippen molar-refractivity contribution in [2.75, 3.05) is 6.54 Å². The molecule has 1 nitrogen and oxygen atoms in total. The van der Waals surface area contributed by atoms with Crippen molar-refractivity contribution in [2.24, 2.45) is 0 Å². The summed E-state index contributed by atoms with van der Waals surface area (Å²) < 4.78 is 0. The molecular formula is C12H19N. The Labute approximate surface area is 82.0 Å². The van der Waals surface area contributed by atoms with Crippen LogP contribution in [0.5, 0.6) is 0 Å². The van der Waals surface area contributed by atoms with Gasteiger partial charge in [-0.05, 0) is 12.0 Å². The van der Waals surface area contributed by atoms with Crippen molar-refractivity contribution in [3.63, 3.8) is 0 Å². The zero-order valence-electron chi connectivity index (χ0n) is 8.22. The van der Waals surface area contributed by atoms with Crippen LogP contribution in [0, 0.1) is 0 Å². The molecule has 13 heavy (non-hydrogen) atoms. The first-order chi connectivity index (χ1) is 6.34. The molecular weight excluding hydrogens is 158 g/mol. The second-order valence-corrected chi connectivity index (χ2v) is 3.12. The van der Waals surface area contributed by atoms with Gasteiger partial charge in [-0.25, -0.2) is 0 Å². The Morgan fingerprint density at radius 3 is 2.69 bits per heavy atom. The van der Waals surface area contributed by atoms with E-state index in [1.165, 1.54) is 18.4 Å². The van der Waals surface area contributed by atoms with Crippen LogP contribution in [0.2, 0.25) is 0 Å². The van der Waals surface area contributed by atoms with Crippen LogP contribution in [0.3, 0.4) is 0 Å². The molecule has 0 radical (unpaired) electrons. The van der Waals surface area contributed by atoms with Gasteiger partial charge >= 0.3 is 0 Å². The van der Waals surface area contributed by atoms with Gasteiger partial charge in [-0.3, -0.25) is 0 Å². The molecule has 0 aromatic heterocycles. The minimum absolute atomic E-state index is 0. The maximum atomic E-state index is 3.99. The van der Waals surface area contributed by atoms with Gasteiger partial charge in [0.15, 0.2) is 0 Å². The third-order valence-electron chi connectivity index (χ3n) is 1.99. The fraction of sp³-hybridized carbons (Fsp3) is 0.333. The summed E-state index contributed by atoms with van der Waals surface area (Å²) in [5.41, 5.74) is 2.20. The smallest absolute Gasteiger partial charge is 0.0340 e. The zero-order valence-corrected chi connectivity index (χ0v) is 8.22. The van der Waals surface area contributed by atoms with Gasteiger partial charge in [-0.1, -0.05) is 50.3 Å². The lowest BCUT2D eigenvalue weighted by Gasteiger charge is -2.08. The second-order valence-electron chi connectivity index (χ2n) is 3.12. The average Bonchev–Trinajstić information content (AvgIpc) is 2.19. The molecule has 0 saturated heterocycles. The van der Waals surface area contributed by atoms with E-state index in [-0.39, 0.29) is 1.43 Å². The van der Waals surface area contributed by atoms with Crippen molar-refractivity contribution in [1.82, 2.24) is 5.32 Å². The Balaban J connectivity index is 0.00000169. The van der Waals surface area contributed by atoms with E-state index < -0.39 is 0 Å². The van der Waals surface area contributed by atoms with Crippen LogP contribution in [0.1, 0.15) is 26.8 Å². The van der Waals surface area contributed by atoms with E-state index >= 15 is 0 Å². The van der Waals surface area contributed by atoms with E-state index in [4.69, 9.17) is 0 Å². The molecule has 0 unspecified atom stereocenters. The predicted molar refractivity (Wildman–Crippen MR) is 60.5 cm³/mol. The molecule has 1 heteroatoms. The molecule has 0 amide bonds. The number of rotatable bonds is 5. The third-order valence-corrected chi connectivity index (χ3v) is 1.99. The molecule has 0 spiro atoms. The first kappa shape index (κ1) is 9.85. The van der Waals surface area contributed by atoms with Gasteiger partial charge in [0, 0.05) is 13.7 Å². The van der Waals surface area contributed by atoms with Crippen molar-refractivity contribution in [3.8, 4) is 0 Å². The van der Waals surface area contributed by atoms with Crippen molar-refractivity contribution in [3.05, 3.63) is 42.5 Å². The van der Waals surface area contributed by atoms with E-state index in [9.17, 15) is 0 Å². The summed E-state index contributed by atoms with van der Waals surface area (Å²) in [5, 5.41) is 3.31. The molecule has 0 aliphatic carbocycles. The van der Waals surface area contributed by atoms with Crippen LogP contribution in [-0.2, 0) is 0 Å². The van der Waals surface area contributed by atoms with E-state index in [0.717, 1.165) is 12.2 Å². The molecule has 72 valence electrons. The van der Waals surface area contributed by atoms with E-state index in [1.807, 2.05) is 18.2 Å². The largest absolute Gasteiger partial charge is 0.385 e. The minimum atomic E-state index is 0. The Morgan fingerprint density at radius 1 is 1.38 bits per heavy atom. The number of nitrogens with one attached hydrogen (secondary N) is 1. The Kier molecular flexibility index (Phi) is 4.10. The van der Waals surface area contributed by atoms with E-state index in [2.05, 4.69) is 31.0 Å². The second kappa shape index (κ2) is 5.41. The molecule has 0 aliphatic heterocycles. The summed E-state index contributed by atoms with van der Waals surface area (Å²) >= 11 is 0. The van der Waals surface area contributed by atoms with Crippen LogP contribution in [0.25, 0.3) is 5.70 Å². The highest BCUT2D eigenvalue weighted by molar-refractivity contribution is 5.61. The molecule has 0 atom stereocenters. The van der Waals surface area contributed by atoms with Gasteiger partial charge in [0.05, 0.1) is 0 Å². The highest BCUT2D eigenvalue weighted by Gasteiger charge is 1.94. The van der Waals surface area contributed by atoms with Gasteiger partial charge in [0.25, 0.3) is 0 Å². The maximum Gasteiger partial charge on any atom is 0.0340 e. The topological polar surface area (TPSA) is 12.0 Å². The Bertz CT molecular complexity index is 256. The lowest BCUT2D eigenvalue weighted by molar-refractivity contribution is 0.745. The molecule has 1 N–H and O–H groups in total. The lowest BCUT2D eigenvalue weighted by atomic mass is 10.2. The highest BCUT2D eigenvalue weighted by atomic mass is 14.9. The molecule has 0 heterocycles. The first-order valence-corrected chi connectivity index (χ1v) is 4.82. The SMILES string of the molecule is C=C(NCCCC)c1ccccc1.[HH]. The highest BCUT2D eigenvalue weighted by Crippen LogP contribution is 2.07. The summed E-state index contributed by atoms with van der Waals surface area (Å²) in [6, 6.07) is 10.2. The number of hydrogen-bond donors (Lipinski definition) is 1. The molecule has 0 saturated carbocycles. The van der Waals surface area contributed by atoms with Gasteiger partial charge < -0.3 is 5.32 Å². The van der Waals surface area contributed by atoms with Crippen LogP contribution in [0.15, 0.2) is 36.9 Å². The fourth-order valence-corrected chi connectivity index (χ4v) is 1.16. The minimum Gasteiger partial charge on any atom is -0.385 e. The normalized spacial score (nSPS) is 9.62. The monoisotopic (exact) mass is 177 g/mol. The van der Waals surface area contributed by atoms with Crippen LogP contribution in [0.4, 0.5) is 0 Å². The standard InChI is InChI=1S/C12H17N.H2/c1-3-4-10-13-11(2)12-8-6-5-7-9-12;/h5-9,13H,2-4,10H2,1H3;1H. The predicted octanol–water partition coefficient (Wildman–Crippen LogP) is 3.29. The van der Waals surface area contributed by atoms with Crippen molar-refractivity contribution in [1.29, 1.82) is 0 Å². The van der Waals surface area contributed by atoms with Gasteiger partial charge in [0.1, 0.15) is 0 Å². The van der Waals surface area contributed by atoms with E-state index in [0.29, 0.717) is 0 Å². The molecule has 1 aromatic carbocycles. The Morgan fingerprint density at radius 2 is 2.08 bits per heavy atom. The Hall–Kier alpha value is -1.24. The van der Waals surface area contributed by atoms with Gasteiger partial charge in [0.2, 0.25) is 0 Å². The summed E-state index contributed by atoms with van der Waals surface area (Å²) in [7, 11) is 0. The number of benzene rings is 1. The molecule has 1 aromatic rings. The zero-order chi connectivity index (χ0) is 9.52. The molecule has 1 rings (SSSR count). The maximum absolute atomic E-state index is 3.99. The van der Waals surface area contributed by atoms with Crippen LogP contribution < -0.4 is 5.32 Å². The summed E-state index contributed by atoms with van der Waals surface area (Å²) in [6.45, 7) is 7.19. The quantitative estimate of drug-likeness (QED) is 0.680. The van der Waals surface area contributed by atoms with Crippen LogP contribution in [-0.4, -0.2) is 6.54 Å². The molecule has 0 aliphatic rings. The van der Waals surface area contributed by atoms with Crippen molar-refractivity contribution < 1.29 is 1.43 Å². The summed E-state index contributed by atoms with van der Waals surface area (Å²) in [5.74, 6) is 0. The average molecular weight is 177 g/mol. The summed E-state index contributed by atoms with van der Waals surface area (Å²) in [6.07, 6.45) is 2.42. The summed E-state index contributed by atoms with van der Waals surface area (Å²) in [4.78, 5) is 0. The van der Waals surface area contributed by atoms with E-state index in [1.54, 1.807) is 0 Å². The third kappa shape index (κ3) is 3.32. The van der Waals surface area contributed by atoms with Gasteiger partial charge in [-0.15, -0.1) is 0 Å². The van der Waals surface area contributed by atoms with Gasteiger partial charge in [-0.2, -0.15) is 0 Å². The fourth-order valence-electron chi connectivity index (χ4n) is 1.16. The molecule has 0 fully saturated rings. The van der Waals surface area contributed by atoms with Crippen molar-refractivity contribution >= 4 is 5.70 Å². The lowest BCUT2D eigenvalue weighted by Crippen LogP contribution is -2.12. The number of unbranched alkanes of at least 4 members (excludes halogenated alkanes) is 1. The van der Waals surface area contributed by atoms with Crippen LogP contribution >= 0.6 is 0 Å². The first-order valence-electron chi connectivity index (χ1n) is 4.82. The number of hydrogen-bond acceptors (Lipinski definition) is 1.